The van der Waals surface area contributed by atoms with Crippen LogP contribution in [0.25, 0.3) is 0 Å². The number of ether oxygens (including phenoxy) is 1. The first-order chi connectivity index (χ1) is 9.95. The summed E-state index contributed by atoms with van der Waals surface area (Å²) in [6.45, 7) is 0. The predicted molar refractivity (Wildman–Crippen MR) is 72.2 cm³/mol. The van der Waals surface area contributed by atoms with Crippen LogP contribution in [-0.2, 0) is 11.2 Å². The average Bonchev–Trinajstić information content (AvgIpc) is 2.45. The second kappa shape index (κ2) is 6.32. The van der Waals surface area contributed by atoms with Crippen LogP contribution in [0, 0.1) is 11.6 Å². The molecule has 0 aliphatic carbocycles. The summed E-state index contributed by atoms with van der Waals surface area (Å²) in [7, 11) is 0. The van der Waals surface area contributed by atoms with E-state index in [9.17, 15) is 13.6 Å². The molecule has 0 aliphatic heterocycles. The lowest BCUT2D eigenvalue weighted by Crippen LogP contribution is -2.32. The Balaban J connectivity index is 2.05. The minimum atomic E-state index is -1.07. The van der Waals surface area contributed by atoms with E-state index in [2.05, 4.69) is 0 Å². The summed E-state index contributed by atoms with van der Waals surface area (Å²) in [5.41, 5.74) is 6.17. The van der Waals surface area contributed by atoms with Gasteiger partial charge in [0.2, 0.25) is 0 Å². The first-order valence-corrected chi connectivity index (χ1v) is 6.16. The van der Waals surface area contributed by atoms with Crippen LogP contribution in [0.15, 0.2) is 42.5 Å². The van der Waals surface area contributed by atoms with Gasteiger partial charge in [-0.25, -0.2) is 8.78 Å². The number of rotatable bonds is 5. The van der Waals surface area contributed by atoms with Gasteiger partial charge in [-0.1, -0.05) is 12.1 Å². The third-order valence-electron chi connectivity index (χ3n) is 2.82. The molecule has 6 heteroatoms. The van der Waals surface area contributed by atoms with E-state index in [4.69, 9.17) is 15.6 Å². The van der Waals surface area contributed by atoms with Gasteiger partial charge in [0.15, 0.2) is 11.6 Å². The van der Waals surface area contributed by atoms with Gasteiger partial charge in [-0.3, -0.25) is 4.79 Å². The normalized spacial score (nSPS) is 12.0. The summed E-state index contributed by atoms with van der Waals surface area (Å²) >= 11 is 0. The highest BCUT2D eigenvalue weighted by atomic mass is 19.2. The van der Waals surface area contributed by atoms with Crippen molar-refractivity contribution in [3.05, 3.63) is 59.7 Å². The number of hydrogen-bond acceptors (Lipinski definition) is 3. The first-order valence-electron chi connectivity index (χ1n) is 6.16. The lowest BCUT2D eigenvalue weighted by atomic mass is 10.1. The van der Waals surface area contributed by atoms with Gasteiger partial charge in [-0.2, -0.15) is 0 Å². The van der Waals surface area contributed by atoms with Crippen LogP contribution >= 0.6 is 0 Å². The molecule has 1 atom stereocenters. The average molecular weight is 293 g/mol. The molecule has 0 heterocycles. The van der Waals surface area contributed by atoms with Gasteiger partial charge in [-0.05, 0) is 36.2 Å². The van der Waals surface area contributed by atoms with Gasteiger partial charge < -0.3 is 15.6 Å². The van der Waals surface area contributed by atoms with Gasteiger partial charge in [0, 0.05) is 6.07 Å². The van der Waals surface area contributed by atoms with Crippen LogP contribution in [0.5, 0.6) is 11.5 Å². The maximum atomic E-state index is 13.0. The van der Waals surface area contributed by atoms with E-state index < -0.39 is 23.6 Å². The standard InChI is InChI=1S/C15H13F2NO3/c16-12-6-5-11(8-13(12)17)21-10-3-1-9(2-4-10)7-14(18)15(19)20/h1-6,8,14H,7,18H2,(H,19,20)/t14-/m0/s1. The molecular weight excluding hydrogens is 280 g/mol. The zero-order chi connectivity index (χ0) is 15.4. The van der Waals surface area contributed by atoms with Crippen LogP contribution in [-0.4, -0.2) is 17.1 Å². The zero-order valence-electron chi connectivity index (χ0n) is 10.9. The third-order valence-corrected chi connectivity index (χ3v) is 2.82. The van der Waals surface area contributed by atoms with Crippen molar-refractivity contribution in [2.45, 2.75) is 12.5 Å². The third kappa shape index (κ3) is 4.00. The molecule has 21 heavy (non-hydrogen) atoms. The Morgan fingerprint density at radius 2 is 1.71 bits per heavy atom. The molecule has 0 saturated heterocycles. The quantitative estimate of drug-likeness (QED) is 0.889. The summed E-state index contributed by atoms with van der Waals surface area (Å²) in [4.78, 5) is 10.7. The van der Waals surface area contributed by atoms with Gasteiger partial charge in [0.25, 0.3) is 0 Å². The maximum Gasteiger partial charge on any atom is 0.320 e. The number of hydrogen-bond donors (Lipinski definition) is 2. The smallest absolute Gasteiger partial charge is 0.320 e. The molecule has 0 saturated carbocycles. The summed E-state index contributed by atoms with van der Waals surface area (Å²) in [5.74, 6) is -2.41. The molecule has 0 fully saturated rings. The van der Waals surface area contributed by atoms with E-state index in [-0.39, 0.29) is 12.2 Å². The van der Waals surface area contributed by atoms with E-state index in [1.807, 2.05) is 0 Å². The SMILES string of the molecule is N[C@@H](Cc1ccc(Oc2ccc(F)c(F)c2)cc1)C(=O)O. The summed E-state index contributed by atoms with van der Waals surface area (Å²) in [6.07, 6.45) is 0.195. The topological polar surface area (TPSA) is 72.5 Å². The molecule has 2 aromatic rings. The minimum Gasteiger partial charge on any atom is -0.480 e. The van der Waals surface area contributed by atoms with Gasteiger partial charge >= 0.3 is 5.97 Å². The van der Waals surface area contributed by atoms with Crippen LogP contribution in [0.2, 0.25) is 0 Å². The Bertz CT molecular complexity index is 644. The number of carbonyl (C=O) groups is 1. The van der Waals surface area contributed by atoms with E-state index in [1.54, 1.807) is 24.3 Å². The molecule has 2 rings (SSSR count). The van der Waals surface area contributed by atoms with Crippen LogP contribution in [0.4, 0.5) is 8.78 Å². The highest BCUT2D eigenvalue weighted by Gasteiger charge is 2.12. The van der Waals surface area contributed by atoms with Gasteiger partial charge in [0.1, 0.15) is 17.5 Å². The molecule has 0 amide bonds. The molecule has 0 aromatic heterocycles. The Morgan fingerprint density at radius 3 is 2.29 bits per heavy atom. The molecule has 110 valence electrons. The van der Waals surface area contributed by atoms with E-state index >= 15 is 0 Å². The van der Waals surface area contributed by atoms with Crippen molar-refractivity contribution >= 4 is 5.97 Å². The highest BCUT2D eigenvalue weighted by molar-refractivity contribution is 5.73. The summed E-state index contributed by atoms with van der Waals surface area (Å²) in [5, 5.41) is 8.73. The van der Waals surface area contributed by atoms with Crippen molar-refractivity contribution in [1.29, 1.82) is 0 Å². The van der Waals surface area contributed by atoms with Crippen molar-refractivity contribution in [3.63, 3.8) is 0 Å². The molecule has 0 unspecified atom stereocenters. The highest BCUT2D eigenvalue weighted by Crippen LogP contribution is 2.23. The lowest BCUT2D eigenvalue weighted by molar-refractivity contribution is -0.138. The Hall–Kier alpha value is -2.47. The Kier molecular flexibility index (Phi) is 4.49. The predicted octanol–water partition coefficient (Wildman–Crippen LogP) is 2.71. The second-order valence-corrected chi connectivity index (χ2v) is 4.47. The Labute approximate surface area is 119 Å². The Morgan fingerprint density at radius 1 is 1.10 bits per heavy atom. The van der Waals surface area contributed by atoms with E-state index in [0.717, 1.165) is 17.7 Å². The minimum absolute atomic E-state index is 0.170. The second-order valence-electron chi connectivity index (χ2n) is 4.47. The molecular formula is C15H13F2NO3. The molecule has 0 aliphatic rings. The van der Waals surface area contributed by atoms with Crippen molar-refractivity contribution < 1.29 is 23.4 Å². The number of aliphatic carboxylic acids is 1. The number of carboxylic acid groups (broad SMARTS) is 1. The molecule has 0 radical (unpaired) electrons. The molecule has 0 bridgehead atoms. The van der Waals surface area contributed by atoms with Crippen LogP contribution < -0.4 is 10.5 Å². The largest absolute Gasteiger partial charge is 0.480 e. The van der Waals surface area contributed by atoms with Crippen molar-refractivity contribution in [1.82, 2.24) is 0 Å². The van der Waals surface area contributed by atoms with Crippen molar-refractivity contribution in [3.8, 4) is 11.5 Å². The van der Waals surface area contributed by atoms with Crippen LogP contribution in [0.3, 0.4) is 0 Å². The summed E-state index contributed by atoms with van der Waals surface area (Å²) in [6, 6.07) is 8.80. The lowest BCUT2D eigenvalue weighted by Gasteiger charge is -2.09. The summed E-state index contributed by atoms with van der Waals surface area (Å²) < 4.78 is 31.2. The number of benzene rings is 2. The molecule has 2 aromatic carbocycles. The number of halogens is 2. The van der Waals surface area contributed by atoms with Gasteiger partial charge in [0.05, 0.1) is 0 Å². The van der Waals surface area contributed by atoms with Crippen molar-refractivity contribution in [2.75, 3.05) is 0 Å². The van der Waals surface area contributed by atoms with Gasteiger partial charge in [-0.15, -0.1) is 0 Å². The zero-order valence-corrected chi connectivity index (χ0v) is 10.9. The monoisotopic (exact) mass is 293 g/mol. The van der Waals surface area contributed by atoms with Crippen LogP contribution in [0.1, 0.15) is 5.56 Å². The first kappa shape index (κ1) is 14.9. The fourth-order valence-corrected chi connectivity index (χ4v) is 1.71. The fourth-order valence-electron chi connectivity index (χ4n) is 1.71. The van der Waals surface area contributed by atoms with E-state index in [0.29, 0.717) is 5.75 Å². The number of carboxylic acids is 1. The molecule has 3 N–H and O–H groups in total. The van der Waals surface area contributed by atoms with Crippen molar-refractivity contribution in [2.24, 2.45) is 5.73 Å². The number of nitrogens with two attached hydrogens (primary N) is 1. The fraction of sp³-hybridized carbons (Fsp3) is 0.133. The van der Waals surface area contributed by atoms with E-state index in [1.165, 1.54) is 6.07 Å². The maximum absolute atomic E-state index is 13.0. The molecule has 4 nitrogen and oxygen atoms in total. The molecule has 0 spiro atoms.